The largest absolute Gasteiger partial charge is 0.484 e. The molecule has 1 heterocycles. The van der Waals surface area contributed by atoms with Crippen LogP contribution in [0.15, 0.2) is 30.6 Å². The molecular formula is C20H20Cl2N4O3. The highest BCUT2D eigenvalue weighted by molar-refractivity contribution is 6.42. The van der Waals surface area contributed by atoms with Gasteiger partial charge in [0.15, 0.2) is 6.61 Å². The fraction of sp³-hybridized carbons (Fsp3) is 0.400. The lowest BCUT2D eigenvalue weighted by molar-refractivity contribution is -0.141. The van der Waals surface area contributed by atoms with E-state index in [4.69, 9.17) is 27.9 Å². The van der Waals surface area contributed by atoms with Gasteiger partial charge in [-0.05, 0) is 37.8 Å². The second-order valence-electron chi connectivity index (χ2n) is 7.70. The molecule has 3 fully saturated rings. The van der Waals surface area contributed by atoms with E-state index in [2.05, 4.69) is 20.6 Å². The zero-order valence-electron chi connectivity index (χ0n) is 15.8. The molecule has 2 aromatic rings. The Morgan fingerprint density at radius 2 is 1.79 bits per heavy atom. The van der Waals surface area contributed by atoms with Gasteiger partial charge in [0.1, 0.15) is 11.4 Å². The van der Waals surface area contributed by atoms with Crippen LogP contribution in [0, 0.1) is 0 Å². The van der Waals surface area contributed by atoms with Gasteiger partial charge in [-0.15, -0.1) is 0 Å². The molecule has 3 aliphatic rings. The molecule has 3 aliphatic carbocycles. The molecule has 2 N–H and O–H groups in total. The summed E-state index contributed by atoms with van der Waals surface area (Å²) in [6.07, 6.45) is 5.99. The van der Waals surface area contributed by atoms with Gasteiger partial charge in [-0.2, -0.15) is 0 Å². The lowest BCUT2D eigenvalue weighted by atomic mass is 9.44. The van der Waals surface area contributed by atoms with Crippen molar-refractivity contribution in [1.29, 1.82) is 0 Å². The number of carbonyl (C=O) groups excluding carboxylic acids is 2. The predicted octanol–water partition coefficient (Wildman–Crippen LogP) is 2.95. The predicted molar refractivity (Wildman–Crippen MR) is 108 cm³/mol. The summed E-state index contributed by atoms with van der Waals surface area (Å²) in [6.45, 7) is 1.87. The van der Waals surface area contributed by atoms with E-state index in [1.165, 1.54) is 6.20 Å². The molecule has 3 saturated carbocycles. The number of rotatable bonds is 7. The molecule has 1 aromatic heterocycles. The van der Waals surface area contributed by atoms with E-state index >= 15 is 0 Å². The summed E-state index contributed by atoms with van der Waals surface area (Å²) in [6, 6.07) is 4.84. The molecule has 2 amide bonds. The lowest BCUT2D eigenvalue weighted by Crippen LogP contribution is -2.84. The maximum absolute atomic E-state index is 12.4. The van der Waals surface area contributed by atoms with Crippen molar-refractivity contribution in [3.8, 4) is 5.75 Å². The third kappa shape index (κ3) is 4.02. The van der Waals surface area contributed by atoms with Gasteiger partial charge in [0.25, 0.3) is 11.8 Å². The van der Waals surface area contributed by atoms with Crippen molar-refractivity contribution in [2.45, 2.75) is 43.7 Å². The van der Waals surface area contributed by atoms with Gasteiger partial charge in [-0.25, -0.2) is 4.98 Å². The molecule has 0 radical (unpaired) electrons. The highest BCUT2D eigenvalue weighted by Gasteiger charge is 2.69. The van der Waals surface area contributed by atoms with Gasteiger partial charge in [0.05, 0.1) is 21.9 Å². The minimum atomic E-state index is -0.264. The van der Waals surface area contributed by atoms with Gasteiger partial charge in [0, 0.05) is 23.3 Å². The van der Waals surface area contributed by atoms with E-state index in [-0.39, 0.29) is 29.5 Å². The zero-order valence-corrected chi connectivity index (χ0v) is 17.3. The first-order valence-corrected chi connectivity index (χ1v) is 10.1. The first kappa shape index (κ1) is 19.9. The fourth-order valence-electron chi connectivity index (χ4n) is 4.06. The van der Waals surface area contributed by atoms with Crippen LogP contribution >= 0.6 is 23.2 Å². The van der Waals surface area contributed by atoms with Crippen LogP contribution in [-0.4, -0.2) is 39.5 Å². The SMILES string of the molecule is CCc1cnc(C(=O)NC23CC(NC(=O)COc4ccc(Cl)c(Cl)c4)(C2)C3)cn1. The van der Waals surface area contributed by atoms with Crippen LogP contribution in [0.5, 0.6) is 5.75 Å². The van der Waals surface area contributed by atoms with Crippen molar-refractivity contribution in [1.82, 2.24) is 20.6 Å². The molecule has 9 heteroatoms. The van der Waals surface area contributed by atoms with Crippen LogP contribution in [0.4, 0.5) is 0 Å². The number of hydrogen-bond acceptors (Lipinski definition) is 5. The second-order valence-corrected chi connectivity index (χ2v) is 8.52. The third-order valence-electron chi connectivity index (χ3n) is 5.37. The first-order valence-electron chi connectivity index (χ1n) is 9.34. The van der Waals surface area contributed by atoms with Crippen molar-refractivity contribution in [3.63, 3.8) is 0 Å². The van der Waals surface area contributed by atoms with E-state index in [1.807, 2.05) is 6.92 Å². The van der Waals surface area contributed by atoms with E-state index in [0.717, 1.165) is 12.1 Å². The maximum Gasteiger partial charge on any atom is 0.271 e. The Balaban J connectivity index is 1.23. The summed E-state index contributed by atoms with van der Waals surface area (Å²) in [7, 11) is 0. The molecule has 0 aliphatic heterocycles. The second kappa shape index (κ2) is 7.46. The summed E-state index contributed by atoms with van der Waals surface area (Å²) in [5.41, 5.74) is 0.625. The number of amides is 2. The third-order valence-corrected chi connectivity index (χ3v) is 6.11. The normalized spacial score (nSPS) is 24.1. The number of ether oxygens (including phenoxy) is 1. The average molecular weight is 435 g/mol. The van der Waals surface area contributed by atoms with Crippen molar-refractivity contribution < 1.29 is 14.3 Å². The molecular weight excluding hydrogens is 415 g/mol. The number of carbonyl (C=O) groups is 2. The fourth-order valence-corrected chi connectivity index (χ4v) is 4.35. The summed E-state index contributed by atoms with van der Waals surface area (Å²) in [5.74, 6) is 0.0329. The average Bonchev–Trinajstić information content (AvgIpc) is 2.66. The molecule has 1 aromatic carbocycles. The maximum atomic E-state index is 12.4. The minimum absolute atomic E-state index is 0.113. The zero-order chi connectivity index (χ0) is 20.6. The van der Waals surface area contributed by atoms with Gasteiger partial charge >= 0.3 is 0 Å². The highest BCUT2D eigenvalue weighted by atomic mass is 35.5. The van der Waals surface area contributed by atoms with Gasteiger partial charge in [-0.3, -0.25) is 14.6 Å². The quantitative estimate of drug-likeness (QED) is 0.698. The Morgan fingerprint density at radius 1 is 1.07 bits per heavy atom. The number of benzene rings is 1. The van der Waals surface area contributed by atoms with Crippen LogP contribution < -0.4 is 15.4 Å². The summed E-state index contributed by atoms with van der Waals surface area (Å²) in [5, 5.41) is 6.83. The van der Waals surface area contributed by atoms with Crippen LogP contribution in [-0.2, 0) is 11.2 Å². The Kier molecular flexibility index (Phi) is 5.12. The van der Waals surface area contributed by atoms with Crippen molar-refractivity contribution in [2.24, 2.45) is 0 Å². The Labute approximate surface area is 178 Å². The molecule has 5 rings (SSSR count). The van der Waals surface area contributed by atoms with Crippen LogP contribution in [0.25, 0.3) is 0 Å². The van der Waals surface area contributed by atoms with Crippen LogP contribution in [0.1, 0.15) is 42.4 Å². The number of nitrogens with one attached hydrogen (secondary N) is 2. The smallest absolute Gasteiger partial charge is 0.271 e. The highest BCUT2D eigenvalue weighted by Crippen LogP contribution is 2.60. The van der Waals surface area contributed by atoms with Gasteiger partial charge < -0.3 is 15.4 Å². The lowest BCUT2D eigenvalue weighted by Gasteiger charge is -2.70. The molecule has 0 spiro atoms. The standard InChI is InChI=1S/C20H20Cl2N4O3/c1-2-12-6-24-16(7-23-12)18(28)26-20-9-19(10-20,11-20)25-17(27)8-29-13-3-4-14(21)15(22)5-13/h3-7H,2,8-11H2,1H3,(H,25,27)(H,26,28). The topological polar surface area (TPSA) is 93.2 Å². The summed E-state index contributed by atoms with van der Waals surface area (Å²) < 4.78 is 5.46. The molecule has 29 heavy (non-hydrogen) atoms. The Hall–Kier alpha value is -2.38. The van der Waals surface area contributed by atoms with Crippen molar-refractivity contribution >= 4 is 35.0 Å². The minimum Gasteiger partial charge on any atom is -0.484 e. The molecule has 2 bridgehead atoms. The van der Waals surface area contributed by atoms with Crippen LogP contribution in [0.3, 0.4) is 0 Å². The summed E-state index contributed by atoms with van der Waals surface area (Å²) >= 11 is 11.8. The molecule has 0 unspecified atom stereocenters. The Bertz CT molecular complexity index is 945. The van der Waals surface area contributed by atoms with E-state index in [9.17, 15) is 9.59 Å². The van der Waals surface area contributed by atoms with E-state index < -0.39 is 0 Å². The van der Waals surface area contributed by atoms with E-state index in [0.29, 0.717) is 40.8 Å². The van der Waals surface area contributed by atoms with E-state index in [1.54, 1.807) is 24.4 Å². The van der Waals surface area contributed by atoms with Crippen molar-refractivity contribution in [3.05, 3.63) is 52.0 Å². The number of halogens is 2. The first-order chi connectivity index (χ1) is 13.8. The molecule has 0 atom stereocenters. The number of aryl methyl sites for hydroxylation is 1. The van der Waals surface area contributed by atoms with Crippen LogP contribution in [0.2, 0.25) is 10.0 Å². The number of hydrogen-bond donors (Lipinski definition) is 2. The monoisotopic (exact) mass is 434 g/mol. The Morgan fingerprint density at radius 3 is 2.41 bits per heavy atom. The number of aromatic nitrogens is 2. The van der Waals surface area contributed by atoms with Gasteiger partial charge in [-0.1, -0.05) is 30.1 Å². The summed E-state index contributed by atoms with van der Waals surface area (Å²) in [4.78, 5) is 32.9. The number of nitrogens with zero attached hydrogens (tertiary/aromatic N) is 2. The molecule has 152 valence electrons. The van der Waals surface area contributed by atoms with Crippen molar-refractivity contribution in [2.75, 3.05) is 6.61 Å². The molecule has 7 nitrogen and oxygen atoms in total. The molecule has 0 saturated heterocycles. The van der Waals surface area contributed by atoms with Gasteiger partial charge in [0.2, 0.25) is 0 Å².